The lowest BCUT2D eigenvalue weighted by molar-refractivity contribution is 0.627. The van der Waals surface area contributed by atoms with Crippen LogP contribution in [-0.2, 0) is 0 Å². The molecule has 1 radical (unpaired) electrons. The van der Waals surface area contributed by atoms with Crippen LogP contribution in [0.1, 0.15) is 0 Å². The first-order valence-corrected chi connectivity index (χ1v) is 2.91. The maximum absolute atomic E-state index is 12.0. The Kier molecular flexibility index (Phi) is 1.63. The van der Waals surface area contributed by atoms with Crippen LogP contribution >= 0.6 is 15.9 Å². The van der Waals surface area contributed by atoms with E-state index in [1.807, 2.05) is 0 Å². The summed E-state index contributed by atoms with van der Waals surface area (Å²) in [6, 6.07) is 6.91. The molecule has 0 atom stereocenters. The highest BCUT2D eigenvalue weighted by Gasteiger charge is 1.85. The Morgan fingerprint density at radius 2 is 2.25 bits per heavy atom. The third-order valence-corrected chi connectivity index (χ3v) is 1.23. The number of hydrogen-bond acceptors (Lipinski definition) is 0. The summed E-state index contributed by atoms with van der Waals surface area (Å²) in [5.74, 6) is -0.256. The number of benzene rings is 1. The van der Waals surface area contributed by atoms with E-state index in [1.165, 1.54) is 12.1 Å². The molecule has 2 heteroatoms. The lowest BCUT2D eigenvalue weighted by atomic mass is 10.4. The quantitative estimate of drug-likeness (QED) is 0.566. The van der Waals surface area contributed by atoms with Gasteiger partial charge in [0.1, 0.15) is 5.82 Å². The predicted octanol–water partition coefficient (Wildman–Crippen LogP) is 2.39. The number of halogens is 2. The molecule has 0 amide bonds. The normalized spacial score (nSPS) is 9.25. The van der Waals surface area contributed by atoms with Crippen molar-refractivity contribution < 1.29 is 4.39 Å². The van der Waals surface area contributed by atoms with Gasteiger partial charge in [0.05, 0.1) is 0 Å². The Balaban J connectivity index is 3.03. The Labute approximate surface area is 55.5 Å². The first-order valence-electron chi connectivity index (χ1n) is 2.12. The lowest BCUT2D eigenvalue weighted by Gasteiger charge is -1.84. The standard InChI is InChI=1S/C6H3BrF/c7-5-1-3-6(8)4-2-5/h1,3-4H. The van der Waals surface area contributed by atoms with E-state index in [0.717, 1.165) is 4.47 Å². The second-order valence-corrected chi connectivity index (χ2v) is 2.21. The summed E-state index contributed by atoms with van der Waals surface area (Å²) < 4.78 is 12.8. The minimum atomic E-state index is -0.256. The van der Waals surface area contributed by atoms with Gasteiger partial charge in [0.15, 0.2) is 0 Å². The summed E-state index contributed by atoms with van der Waals surface area (Å²) in [6.07, 6.45) is 0. The molecule has 0 saturated heterocycles. The molecular formula is C6H3BrF. The second kappa shape index (κ2) is 2.27. The lowest BCUT2D eigenvalue weighted by Crippen LogP contribution is -1.68. The first-order chi connectivity index (χ1) is 3.79. The Bertz CT molecular complexity index is 147. The molecule has 0 aliphatic rings. The summed E-state index contributed by atoms with van der Waals surface area (Å²) >= 11 is 3.12. The van der Waals surface area contributed by atoms with Crippen LogP contribution in [0.3, 0.4) is 0 Å². The van der Waals surface area contributed by atoms with Crippen LogP contribution in [0.15, 0.2) is 22.7 Å². The fourth-order valence-electron chi connectivity index (χ4n) is 0.387. The predicted molar refractivity (Wildman–Crippen MR) is 32.9 cm³/mol. The molecule has 1 rings (SSSR count). The van der Waals surface area contributed by atoms with Crippen LogP contribution in [0.25, 0.3) is 0 Å². The highest BCUT2D eigenvalue weighted by Crippen LogP contribution is 2.07. The molecule has 0 aromatic heterocycles. The van der Waals surface area contributed by atoms with E-state index in [4.69, 9.17) is 0 Å². The van der Waals surface area contributed by atoms with Gasteiger partial charge in [-0.1, -0.05) is 15.9 Å². The molecule has 8 heavy (non-hydrogen) atoms. The molecule has 0 bridgehead atoms. The van der Waals surface area contributed by atoms with Gasteiger partial charge in [-0.2, -0.15) is 0 Å². The van der Waals surface area contributed by atoms with Gasteiger partial charge in [0.2, 0.25) is 0 Å². The molecule has 0 aliphatic carbocycles. The minimum absolute atomic E-state index is 0.256. The fourth-order valence-corrected chi connectivity index (χ4v) is 0.634. The van der Waals surface area contributed by atoms with Gasteiger partial charge in [-0.25, -0.2) is 4.39 Å². The molecule has 41 valence electrons. The van der Waals surface area contributed by atoms with Crippen molar-refractivity contribution in [2.24, 2.45) is 0 Å². The van der Waals surface area contributed by atoms with Crippen LogP contribution in [0.4, 0.5) is 4.39 Å². The molecule has 1 aromatic carbocycles. The van der Waals surface area contributed by atoms with Crippen LogP contribution < -0.4 is 0 Å². The van der Waals surface area contributed by atoms with E-state index in [-0.39, 0.29) is 5.82 Å². The van der Waals surface area contributed by atoms with Gasteiger partial charge in [0, 0.05) is 4.47 Å². The molecule has 0 unspecified atom stereocenters. The second-order valence-electron chi connectivity index (χ2n) is 1.35. The van der Waals surface area contributed by atoms with Gasteiger partial charge in [-0.05, 0) is 24.3 Å². The van der Waals surface area contributed by atoms with Crippen molar-refractivity contribution in [2.75, 3.05) is 0 Å². The Morgan fingerprint density at radius 3 is 2.62 bits per heavy atom. The van der Waals surface area contributed by atoms with Crippen molar-refractivity contribution in [3.8, 4) is 0 Å². The van der Waals surface area contributed by atoms with Crippen molar-refractivity contribution in [1.82, 2.24) is 0 Å². The van der Waals surface area contributed by atoms with E-state index < -0.39 is 0 Å². The minimum Gasteiger partial charge on any atom is -0.207 e. The Hall–Kier alpha value is -0.370. The van der Waals surface area contributed by atoms with Gasteiger partial charge in [-0.15, -0.1) is 0 Å². The third kappa shape index (κ3) is 1.30. The first kappa shape index (κ1) is 5.76. The van der Waals surface area contributed by atoms with Crippen molar-refractivity contribution in [1.29, 1.82) is 0 Å². The van der Waals surface area contributed by atoms with Crippen molar-refractivity contribution in [2.45, 2.75) is 0 Å². The largest absolute Gasteiger partial charge is 0.207 e. The SMILES string of the molecule is Fc1c[c]c(Br)cc1. The molecule has 0 fully saturated rings. The summed E-state index contributed by atoms with van der Waals surface area (Å²) in [5, 5.41) is 0. The highest BCUT2D eigenvalue weighted by atomic mass is 79.9. The smallest absolute Gasteiger partial charge is 0.123 e. The van der Waals surface area contributed by atoms with Gasteiger partial charge >= 0.3 is 0 Å². The van der Waals surface area contributed by atoms with Crippen molar-refractivity contribution >= 4 is 15.9 Å². The van der Waals surface area contributed by atoms with Crippen LogP contribution in [0.5, 0.6) is 0 Å². The van der Waals surface area contributed by atoms with Crippen molar-refractivity contribution in [3.05, 3.63) is 34.6 Å². The maximum Gasteiger partial charge on any atom is 0.123 e. The zero-order valence-corrected chi connectivity index (χ0v) is 5.57. The Morgan fingerprint density at radius 1 is 1.50 bits per heavy atom. The van der Waals surface area contributed by atoms with Crippen LogP contribution in [0, 0.1) is 11.9 Å². The molecular weight excluding hydrogens is 171 g/mol. The number of rotatable bonds is 0. The number of hydrogen-bond donors (Lipinski definition) is 0. The zero-order valence-electron chi connectivity index (χ0n) is 3.99. The summed E-state index contributed by atoms with van der Waals surface area (Å²) in [4.78, 5) is 0. The topological polar surface area (TPSA) is 0 Å². The van der Waals surface area contributed by atoms with E-state index in [0.29, 0.717) is 0 Å². The highest BCUT2D eigenvalue weighted by molar-refractivity contribution is 9.10. The van der Waals surface area contributed by atoms with Crippen LogP contribution in [-0.4, -0.2) is 0 Å². The molecule has 1 aromatic rings. The summed E-state index contributed by atoms with van der Waals surface area (Å²) in [6.45, 7) is 0. The van der Waals surface area contributed by atoms with E-state index in [1.54, 1.807) is 6.07 Å². The molecule has 0 nitrogen and oxygen atoms in total. The molecule has 0 spiro atoms. The van der Waals surface area contributed by atoms with E-state index in [2.05, 4.69) is 22.0 Å². The zero-order chi connectivity index (χ0) is 5.98. The van der Waals surface area contributed by atoms with Gasteiger partial charge < -0.3 is 0 Å². The average molecular weight is 174 g/mol. The summed E-state index contributed by atoms with van der Waals surface area (Å²) in [5.41, 5.74) is 0. The monoisotopic (exact) mass is 173 g/mol. The van der Waals surface area contributed by atoms with Gasteiger partial charge in [-0.3, -0.25) is 0 Å². The molecule has 0 saturated carbocycles. The maximum atomic E-state index is 12.0. The fraction of sp³-hybridized carbons (Fsp3) is 0. The van der Waals surface area contributed by atoms with Crippen molar-refractivity contribution in [3.63, 3.8) is 0 Å². The van der Waals surface area contributed by atoms with Crippen LogP contribution in [0.2, 0.25) is 0 Å². The molecule has 0 aliphatic heterocycles. The summed E-state index contributed by atoms with van der Waals surface area (Å²) in [7, 11) is 0. The van der Waals surface area contributed by atoms with E-state index in [9.17, 15) is 4.39 Å². The van der Waals surface area contributed by atoms with Gasteiger partial charge in [0.25, 0.3) is 0 Å². The average Bonchev–Trinajstić information content (AvgIpc) is 1.77. The third-order valence-electron chi connectivity index (χ3n) is 0.737. The van der Waals surface area contributed by atoms with E-state index >= 15 is 0 Å². The molecule has 0 heterocycles. The molecule has 0 N–H and O–H groups in total.